The first-order valence-corrected chi connectivity index (χ1v) is 10.4. The lowest BCUT2D eigenvalue weighted by Crippen LogP contribution is -2.37. The van der Waals surface area contributed by atoms with Crippen molar-refractivity contribution in [2.75, 3.05) is 25.0 Å². The van der Waals surface area contributed by atoms with Gasteiger partial charge >= 0.3 is 5.97 Å². The third-order valence-electron chi connectivity index (χ3n) is 7.19. The lowest BCUT2D eigenvalue weighted by molar-refractivity contribution is 0.0694. The van der Waals surface area contributed by atoms with Crippen molar-refractivity contribution in [1.82, 2.24) is 9.88 Å². The first kappa shape index (κ1) is 19.9. The second kappa shape index (κ2) is 6.76. The molecular formula is C22H22F2N4O3. The average molecular weight is 428 g/mol. The number of carboxylic acid groups (broad SMARTS) is 1. The van der Waals surface area contributed by atoms with Gasteiger partial charge in [0.1, 0.15) is 29.2 Å². The van der Waals surface area contributed by atoms with Crippen LogP contribution in [0.3, 0.4) is 0 Å². The van der Waals surface area contributed by atoms with Crippen LogP contribution in [-0.2, 0) is 0 Å². The standard InChI is InChI=1S/C22H22F2N4O3/c1-26-22(3-4-22)11-2-5-27(9-11)19-13(8-25)18-12(6-16(19)24)20(29)14(21(30)31)10-28(18)17-7-15(17)23/h6,10-11,15,17,26H,2-5,7,9H2,1H3,(H,30,31)/t11?,15?,17-/m1/s1. The summed E-state index contributed by atoms with van der Waals surface area (Å²) >= 11 is 0. The molecule has 2 aromatic rings. The Morgan fingerprint density at radius 3 is 2.68 bits per heavy atom. The molecule has 0 bridgehead atoms. The Morgan fingerprint density at radius 2 is 2.13 bits per heavy atom. The second-order valence-electron chi connectivity index (χ2n) is 8.83. The number of pyridine rings is 1. The van der Waals surface area contributed by atoms with E-state index in [4.69, 9.17) is 0 Å². The molecule has 1 aliphatic heterocycles. The van der Waals surface area contributed by atoms with E-state index in [-0.39, 0.29) is 34.1 Å². The molecule has 2 aliphatic carbocycles. The zero-order chi connectivity index (χ0) is 22.1. The number of nitriles is 1. The Labute approximate surface area is 176 Å². The maximum atomic E-state index is 15.3. The van der Waals surface area contributed by atoms with Gasteiger partial charge in [-0.25, -0.2) is 13.6 Å². The van der Waals surface area contributed by atoms with Crippen LogP contribution in [0.15, 0.2) is 17.1 Å². The predicted molar refractivity (Wildman–Crippen MR) is 110 cm³/mol. The number of halogens is 2. The highest BCUT2D eigenvalue weighted by Gasteiger charge is 2.50. The molecule has 1 saturated heterocycles. The number of carbonyl (C=O) groups is 1. The van der Waals surface area contributed by atoms with Gasteiger partial charge in [-0.05, 0) is 38.3 Å². The van der Waals surface area contributed by atoms with Crippen LogP contribution in [0.2, 0.25) is 0 Å². The van der Waals surface area contributed by atoms with Crippen LogP contribution in [0.4, 0.5) is 14.5 Å². The smallest absolute Gasteiger partial charge is 0.341 e. The van der Waals surface area contributed by atoms with Crippen molar-refractivity contribution >= 4 is 22.6 Å². The van der Waals surface area contributed by atoms with Gasteiger partial charge in [-0.15, -0.1) is 0 Å². The normalized spacial score (nSPS) is 26.1. The first-order chi connectivity index (χ1) is 14.8. The molecule has 5 rings (SSSR count). The fourth-order valence-electron chi connectivity index (χ4n) is 5.16. The van der Waals surface area contributed by atoms with Gasteiger partial charge in [0.2, 0.25) is 5.43 Å². The number of hydrogen-bond donors (Lipinski definition) is 2. The number of benzene rings is 1. The third kappa shape index (κ3) is 2.92. The summed E-state index contributed by atoms with van der Waals surface area (Å²) in [6.45, 7) is 1.14. The van der Waals surface area contributed by atoms with Gasteiger partial charge in [-0.1, -0.05) is 0 Å². The van der Waals surface area contributed by atoms with Crippen molar-refractivity contribution in [3.8, 4) is 6.07 Å². The highest BCUT2D eigenvalue weighted by atomic mass is 19.1. The van der Waals surface area contributed by atoms with Crippen LogP contribution in [0.1, 0.15) is 47.6 Å². The molecular weight excluding hydrogens is 406 g/mol. The lowest BCUT2D eigenvalue weighted by atomic mass is 9.96. The number of rotatable bonds is 5. The molecule has 0 spiro atoms. The highest BCUT2D eigenvalue weighted by molar-refractivity contribution is 5.96. The summed E-state index contributed by atoms with van der Waals surface area (Å²) in [4.78, 5) is 26.1. The number of hydrogen-bond acceptors (Lipinski definition) is 5. The number of anilines is 1. The Balaban J connectivity index is 1.70. The van der Waals surface area contributed by atoms with E-state index in [0.717, 1.165) is 31.5 Å². The molecule has 0 radical (unpaired) electrons. The van der Waals surface area contributed by atoms with Crippen LogP contribution in [0, 0.1) is 23.1 Å². The summed E-state index contributed by atoms with van der Waals surface area (Å²) in [6, 6.07) is 2.36. The predicted octanol–water partition coefficient (Wildman–Crippen LogP) is 2.57. The van der Waals surface area contributed by atoms with Crippen molar-refractivity contribution in [3.63, 3.8) is 0 Å². The molecule has 2 saturated carbocycles. The maximum Gasteiger partial charge on any atom is 0.341 e. The Hall–Kier alpha value is -2.99. The highest BCUT2D eigenvalue weighted by Crippen LogP contribution is 2.48. The minimum absolute atomic E-state index is 0.0434. The third-order valence-corrected chi connectivity index (χ3v) is 7.19. The van der Waals surface area contributed by atoms with Crippen LogP contribution >= 0.6 is 0 Å². The Morgan fingerprint density at radius 1 is 1.42 bits per heavy atom. The van der Waals surface area contributed by atoms with Gasteiger partial charge < -0.3 is 19.9 Å². The molecule has 3 fully saturated rings. The molecule has 9 heteroatoms. The fraction of sp³-hybridized carbons (Fsp3) is 0.500. The van der Waals surface area contributed by atoms with Crippen LogP contribution in [-0.4, -0.2) is 47.5 Å². The van der Waals surface area contributed by atoms with E-state index in [1.807, 2.05) is 18.0 Å². The summed E-state index contributed by atoms with van der Waals surface area (Å²) < 4.78 is 30.6. The quantitative estimate of drug-likeness (QED) is 0.760. The number of nitrogens with one attached hydrogen (secondary N) is 1. The topological polar surface area (TPSA) is 98.4 Å². The van der Waals surface area contributed by atoms with Gasteiger partial charge in [-0.3, -0.25) is 4.79 Å². The van der Waals surface area contributed by atoms with Crippen LogP contribution in [0.5, 0.6) is 0 Å². The van der Waals surface area contributed by atoms with Crippen molar-refractivity contribution in [1.29, 1.82) is 5.26 Å². The van der Waals surface area contributed by atoms with Crippen LogP contribution in [0.25, 0.3) is 10.9 Å². The Kier molecular flexibility index (Phi) is 4.35. The molecule has 2 heterocycles. The molecule has 1 aromatic heterocycles. The zero-order valence-corrected chi connectivity index (χ0v) is 17.0. The molecule has 162 valence electrons. The van der Waals surface area contributed by atoms with E-state index >= 15 is 4.39 Å². The lowest BCUT2D eigenvalue weighted by Gasteiger charge is -2.25. The van der Waals surface area contributed by atoms with E-state index in [2.05, 4.69) is 5.32 Å². The summed E-state index contributed by atoms with van der Waals surface area (Å²) in [5, 5.41) is 22.5. The van der Waals surface area contributed by atoms with Crippen molar-refractivity contribution in [2.24, 2.45) is 5.92 Å². The summed E-state index contributed by atoms with van der Waals surface area (Å²) in [6.07, 6.45) is 3.02. The Bertz CT molecular complexity index is 1210. The number of alkyl halides is 1. The molecule has 0 amide bonds. The van der Waals surface area contributed by atoms with E-state index in [0.29, 0.717) is 19.0 Å². The summed E-state index contributed by atoms with van der Waals surface area (Å²) in [5.41, 5.74) is -1.20. The number of fused-ring (bicyclic) bond motifs is 1. The molecule has 3 aliphatic rings. The average Bonchev–Trinajstić information content (AvgIpc) is 3.64. The molecule has 31 heavy (non-hydrogen) atoms. The summed E-state index contributed by atoms with van der Waals surface area (Å²) in [7, 11) is 1.93. The monoisotopic (exact) mass is 428 g/mol. The number of nitrogens with zero attached hydrogens (tertiary/aromatic N) is 3. The van der Waals surface area contributed by atoms with Gasteiger partial charge in [0.05, 0.1) is 22.6 Å². The molecule has 1 aromatic carbocycles. The minimum Gasteiger partial charge on any atom is -0.477 e. The molecule has 3 atom stereocenters. The molecule has 2 N–H and O–H groups in total. The minimum atomic E-state index is -1.47. The molecule has 7 nitrogen and oxygen atoms in total. The zero-order valence-electron chi connectivity index (χ0n) is 17.0. The van der Waals surface area contributed by atoms with Gasteiger partial charge in [0.15, 0.2) is 0 Å². The van der Waals surface area contributed by atoms with Crippen molar-refractivity contribution in [3.05, 3.63) is 39.4 Å². The summed E-state index contributed by atoms with van der Waals surface area (Å²) in [5.74, 6) is -1.89. The van der Waals surface area contributed by atoms with E-state index in [1.54, 1.807) is 0 Å². The maximum absolute atomic E-state index is 15.3. The van der Waals surface area contributed by atoms with E-state index in [9.17, 15) is 24.3 Å². The van der Waals surface area contributed by atoms with Crippen LogP contribution < -0.4 is 15.6 Å². The van der Waals surface area contributed by atoms with E-state index in [1.165, 1.54) is 4.57 Å². The van der Waals surface area contributed by atoms with Crippen molar-refractivity contribution in [2.45, 2.75) is 43.4 Å². The number of aromatic carboxylic acids is 1. The fourth-order valence-corrected chi connectivity index (χ4v) is 5.16. The first-order valence-electron chi connectivity index (χ1n) is 10.4. The second-order valence-corrected chi connectivity index (χ2v) is 8.83. The van der Waals surface area contributed by atoms with Crippen molar-refractivity contribution < 1.29 is 18.7 Å². The largest absolute Gasteiger partial charge is 0.477 e. The number of carboxylic acids is 1. The van der Waals surface area contributed by atoms with E-state index < -0.39 is 35.0 Å². The van der Waals surface area contributed by atoms with Gasteiger partial charge in [0, 0.05) is 31.2 Å². The molecule has 2 unspecified atom stereocenters. The SMILES string of the molecule is CNC1(C2CCN(c3c(F)cc4c(=O)c(C(=O)O)cn([C@@H]5CC5F)c4c3C#N)C2)CC1. The number of aromatic nitrogens is 1. The van der Waals surface area contributed by atoms with Gasteiger partial charge in [0.25, 0.3) is 0 Å². The van der Waals surface area contributed by atoms with Gasteiger partial charge in [-0.2, -0.15) is 5.26 Å².